The summed E-state index contributed by atoms with van der Waals surface area (Å²) in [4.78, 5) is 0. The molecule has 5 heteroatoms. The van der Waals surface area contributed by atoms with Crippen LogP contribution in [0.5, 0.6) is 0 Å². The van der Waals surface area contributed by atoms with Gasteiger partial charge in [0.2, 0.25) is 0 Å². The molecule has 0 spiro atoms. The van der Waals surface area contributed by atoms with E-state index in [1.807, 2.05) is 0 Å². The van der Waals surface area contributed by atoms with Gasteiger partial charge in [0, 0.05) is 0 Å². The number of aliphatic hydroxyl groups is 2. The van der Waals surface area contributed by atoms with E-state index in [0.717, 1.165) is 0 Å². The van der Waals surface area contributed by atoms with Crippen molar-refractivity contribution < 1.29 is 19.3 Å². The Morgan fingerprint density at radius 2 is 1.91 bits per heavy atom. The molecular formula is C6H10BrFO3. The Bertz CT molecular complexity index is 132. The van der Waals surface area contributed by atoms with Crippen molar-refractivity contribution in [3.8, 4) is 0 Å². The van der Waals surface area contributed by atoms with E-state index in [2.05, 4.69) is 15.9 Å². The van der Waals surface area contributed by atoms with Crippen LogP contribution in [0.4, 0.5) is 4.39 Å². The summed E-state index contributed by atoms with van der Waals surface area (Å²) < 4.78 is 17.7. The van der Waals surface area contributed by atoms with Gasteiger partial charge >= 0.3 is 0 Å². The quantitative estimate of drug-likeness (QED) is 0.583. The lowest BCUT2D eigenvalue weighted by molar-refractivity contribution is -0.171. The molecule has 1 aliphatic rings. The molecule has 1 aliphatic heterocycles. The van der Waals surface area contributed by atoms with Crippen LogP contribution < -0.4 is 0 Å². The summed E-state index contributed by atoms with van der Waals surface area (Å²) in [6, 6.07) is 0. The Morgan fingerprint density at radius 3 is 2.45 bits per heavy atom. The van der Waals surface area contributed by atoms with Gasteiger partial charge in [0.25, 0.3) is 0 Å². The van der Waals surface area contributed by atoms with E-state index in [9.17, 15) is 4.39 Å². The normalized spacial score (nSPS) is 52.6. The molecule has 1 fully saturated rings. The zero-order chi connectivity index (χ0) is 8.59. The molecule has 5 unspecified atom stereocenters. The van der Waals surface area contributed by atoms with Gasteiger partial charge in [-0.05, 0) is 6.92 Å². The maximum Gasteiger partial charge on any atom is 0.164 e. The fourth-order valence-electron chi connectivity index (χ4n) is 0.982. The number of hydrogen-bond acceptors (Lipinski definition) is 3. The summed E-state index contributed by atoms with van der Waals surface area (Å²) in [5.74, 6) is 0. The van der Waals surface area contributed by atoms with Gasteiger partial charge in [-0.1, -0.05) is 15.9 Å². The third-order valence-corrected chi connectivity index (χ3v) is 2.47. The average molecular weight is 229 g/mol. The first-order chi connectivity index (χ1) is 5.04. The summed E-state index contributed by atoms with van der Waals surface area (Å²) in [6.45, 7) is 1.58. The van der Waals surface area contributed by atoms with Crippen LogP contribution in [0.25, 0.3) is 0 Å². The van der Waals surface area contributed by atoms with E-state index < -0.39 is 29.5 Å². The third kappa shape index (κ3) is 1.72. The van der Waals surface area contributed by atoms with Crippen LogP contribution in [0.2, 0.25) is 0 Å². The molecule has 0 aromatic heterocycles. The van der Waals surface area contributed by atoms with Crippen LogP contribution in [0.3, 0.4) is 0 Å². The zero-order valence-corrected chi connectivity index (χ0v) is 7.53. The number of ether oxygens (including phenoxy) is 1. The van der Waals surface area contributed by atoms with Crippen LogP contribution in [0.1, 0.15) is 6.92 Å². The molecule has 0 saturated carbocycles. The first kappa shape index (κ1) is 9.38. The summed E-state index contributed by atoms with van der Waals surface area (Å²) in [7, 11) is 0. The highest BCUT2D eigenvalue weighted by atomic mass is 79.9. The summed E-state index contributed by atoms with van der Waals surface area (Å²) in [5, 5.41) is 17.3. The fraction of sp³-hybridized carbons (Fsp3) is 1.00. The van der Waals surface area contributed by atoms with E-state index in [4.69, 9.17) is 14.9 Å². The summed E-state index contributed by atoms with van der Waals surface area (Å²) in [6.07, 6.45) is -4.61. The Balaban J connectivity index is 2.63. The third-order valence-electron chi connectivity index (χ3n) is 1.75. The average Bonchev–Trinajstić information content (AvgIpc) is 1.97. The Morgan fingerprint density at radius 1 is 1.36 bits per heavy atom. The van der Waals surface area contributed by atoms with Gasteiger partial charge in [0.15, 0.2) is 6.17 Å². The van der Waals surface area contributed by atoms with Crippen molar-refractivity contribution in [3.63, 3.8) is 0 Å². The van der Waals surface area contributed by atoms with Gasteiger partial charge in [0.1, 0.15) is 17.2 Å². The fourth-order valence-corrected chi connectivity index (χ4v) is 1.63. The van der Waals surface area contributed by atoms with Gasteiger partial charge in [0.05, 0.1) is 6.10 Å². The monoisotopic (exact) mass is 228 g/mol. The Labute approximate surface area is 72.3 Å². The number of halogens is 2. The van der Waals surface area contributed by atoms with Gasteiger partial charge in [-0.3, -0.25) is 0 Å². The highest BCUT2D eigenvalue weighted by Gasteiger charge is 2.41. The topological polar surface area (TPSA) is 49.7 Å². The predicted molar refractivity (Wildman–Crippen MR) is 40.2 cm³/mol. The standard InChI is InChI=1S/C6H10BrFO3/c1-2-4(9)5(10)3(8)6(7)11-2/h2-6,9-10H,1H3. The lowest BCUT2D eigenvalue weighted by Crippen LogP contribution is -2.52. The van der Waals surface area contributed by atoms with Crippen LogP contribution >= 0.6 is 15.9 Å². The number of hydrogen-bond donors (Lipinski definition) is 2. The molecule has 0 aromatic rings. The number of rotatable bonds is 0. The van der Waals surface area contributed by atoms with Crippen molar-refractivity contribution in [1.82, 2.24) is 0 Å². The minimum Gasteiger partial charge on any atom is -0.388 e. The second kappa shape index (κ2) is 3.35. The summed E-state index contributed by atoms with van der Waals surface area (Å²) >= 11 is 2.89. The van der Waals surface area contributed by atoms with Crippen LogP contribution in [-0.4, -0.2) is 39.7 Å². The molecule has 0 aromatic carbocycles. The van der Waals surface area contributed by atoms with E-state index in [0.29, 0.717) is 0 Å². The lowest BCUT2D eigenvalue weighted by Gasteiger charge is -2.35. The van der Waals surface area contributed by atoms with Crippen molar-refractivity contribution in [2.24, 2.45) is 0 Å². The van der Waals surface area contributed by atoms with Crippen molar-refractivity contribution in [2.75, 3.05) is 0 Å². The molecule has 3 nitrogen and oxygen atoms in total. The Kier molecular flexibility index (Phi) is 2.85. The Hall–Kier alpha value is 0.290. The molecule has 0 bridgehead atoms. The SMILES string of the molecule is CC1OC(Br)C(F)C(O)C1O. The first-order valence-electron chi connectivity index (χ1n) is 3.33. The lowest BCUT2D eigenvalue weighted by atomic mass is 10.0. The van der Waals surface area contributed by atoms with E-state index in [1.165, 1.54) is 0 Å². The second-order valence-electron chi connectivity index (χ2n) is 2.62. The second-order valence-corrected chi connectivity index (χ2v) is 3.52. The van der Waals surface area contributed by atoms with E-state index in [-0.39, 0.29) is 0 Å². The minimum atomic E-state index is -1.57. The predicted octanol–water partition coefficient (Wildman–Crippen LogP) is 0.186. The van der Waals surface area contributed by atoms with Gasteiger partial charge in [-0.15, -0.1) is 0 Å². The molecule has 5 atom stereocenters. The van der Waals surface area contributed by atoms with Crippen LogP contribution in [0.15, 0.2) is 0 Å². The highest BCUT2D eigenvalue weighted by Crippen LogP contribution is 2.26. The molecule has 0 radical (unpaired) electrons. The smallest absolute Gasteiger partial charge is 0.164 e. The zero-order valence-electron chi connectivity index (χ0n) is 5.95. The van der Waals surface area contributed by atoms with Crippen LogP contribution in [0, 0.1) is 0 Å². The van der Waals surface area contributed by atoms with Crippen molar-refractivity contribution in [3.05, 3.63) is 0 Å². The molecule has 2 N–H and O–H groups in total. The molecule has 1 heterocycles. The van der Waals surface area contributed by atoms with Crippen molar-refractivity contribution in [1.29, 1.82) is 0 Å². The largest absolute Gasteiger partial charge is 0.388 e. The minimum absolute atomic E-state index is 0.540. The van der Waals surface area contributed by atoms with Gasteiger partial charge in [-0.2, -0.15) is 0 Å². The van der Waals surface area contributed by atoms with Crippen molar-refractivity contribution >= 4 is 15.9 Å². The van der Waals surface area contributed by atoms with Gasteiger partial charge < -0.3 is 14.9 Å². The van der Waals surface area contributed by atoms with E-state index >= 15 is 0 Å². The van der Waals surface area contributed by atoms with E-state index in [1.54, 1.807) is 6.92 Å². The number of alkyl halides is 2. The summed E-state index contributed by atoms with van der Waals surface area (Å²) in [5.41, 5.74) is 0. The maximum absolute atomic E-state index is 12.8. The molecule has 66 valence electrons. The van der Waals surface area contributed by atoms with Gasteiger partial charge in [-0.25, -0.2) is 4.39 Å². The molecule has 1 rings (SSSR count). The highest BCUT2D eigenvalue weighted by molar-refractivity contribution is 9.09. The molecule has 0 aliphatic carbocycles. The molecule has 1 saturated heterocycles. The first-order valence-corrected chi connectivity index (χ1v) is 4.25. The van der Waals surface area contributed by atoms with Crippen LogP contribution in [-0.2, 0) is 4.74 Å². The molecule has 11 heavy (non-hydrogen) atoms. The van der Waals surface area contributed by atoms with Crippen molar-refractivity contribution in [2.45, 2.75) is 36.4 Å². The number of aliphatic hydroxyl groups excluding tert-OH is 2. The molecule has 0 amide bonds. The molecular weight excluding hydrogens is 219 g/mol. The maximum atomic E-state index is 12.8.